The van der Waals surface area contributed by atoms with Crippen LogP contribution in [0, 0.1) is 5.92 Å². The minimum atomic E-state index is 0.0155. The number of ether oxygens (including phenoxy) is 1. The summed E-state index contributed by atoms with van der Waals surface area (Å²) in [5.41, 5.74) is 0.0155. The molecule has 0 atom stereocenters. The second-order valence-corrected chi connectivity index (χ2v) is 9.28. The van der Waals surface area contributed by atoms with Crippen molar-refractivity contribution in [3.8, 4) is 0 Å². The van der Waals surface area contributed by atoms with E-state index < -0.39 is 0 Å². The Bertz CT molecular complexity index is 287. The molecule has 1 rings (SSSR count). The summed E-state index contributed by atoms with van der Waals surface area (Å²) in [5.74, 6) is 0.884. The van der Waals surface area contributed by atoms with Crippen molar-refractivity contribution in [1.29, 1.82) is 0 Å². The van der Waals surface area contributed by atoms with Crippen LogP contribution in [0.2, 0.25) is 0 Å². The van der Waals surface area contributed by atoms with Gasteiger partial charge in [0.25, 0.3) is 0 Å². The minimum absolute atomic E-state index is 0.0155. The first kappa shape index (κ1) is 22.0. The summed E-state index contributed by atoms with van der Waals surface area (Å²) >= 11 is 0. The fourth-order valence-electron chi connectivity index (χ4n) is 3.70. The first-order valence-electron chi connectivity index (χ1n) is 10.8. The zero-order chi connectivity index (χ0) is 17.8. The maximum Gasteiger partial charge on any atom is 0.0606 e. The van der Waals surface area contributed by atoms with Gasteiger partial charge in [0.1, 0.15) is 0 Å². The molecular weight excluding hydrogens is 294 g/mol. The monoisotopic (exact) mass is 339 g/mol. The highest BCUT2D eigenvalue weighted by Crippen LogP contribution is 2.20. The summed E-state index contributed by atoms with van der Waals surface area (Å²) in [6, 6.07) is 0. The van der Waals surface area contributed by atoms with Crippen LogP contribution in [0.3, 0.4) is 0 Å². The van der Waals surface area contributed by atoms with Crippen LogP contribution in [0.5, 0.6) is 0 Å². The van der Waals surface area contributed by atoms with E-state index in [1.165, 1.54) is 90.3 Å². The van der Waals surface area contributed by atoms with E-state index in [2.05, 4.69) is 39.5 Å². The Morgan fingerprint density at radius 3 is 1.83 bits per heavy atom. The van der Waals surface area contributed by atoms with Gasteiger partial charge in [0.05, 0.1) is 11.7 Å². The van der Waals surface area contributed by atoms with Gasteiger partial charge in [-0.05, 0) is 52.5 Å². The molecule has 1 heterocycles. The van der Waals surface area contributed by atoms with Crippen molar-refractivity contribution >= 4 is 0 Å². The SMILES string of the molecule is CC(C)CCCCCCCCCCN1CCC(OC(C)(C)C)CC1. The van der Waals surface area contributed by atoms with Crippen molar-refractivity contribution in [2.45, 2.75) is 117 Å². The Hall–Kier alpha value is -0.0800. The number of likely N-dealkylation sites (tertiary alicyclic amines) is 1. The van der Waals surface area contributed by atoms with Gasteiger partial charge >= 0.3 is 0 Å². The molecule has 2 nitrogen and oxygen atoms in total. The second kappa shape index (κ2) is 12.3. The fourth-order valence-corrected chi connectivity index (χ4v) is 3.70. The van der Waals surface area contributed by atoms with Gasteiger partial charge in [0.2, 0.25) is 0 Å². The average Bonchev–Trinajstić information content (AvgIpc) is 2.49. The quantitative estimate of drug-likeness (QED) is 0.380. The van der Waals surface area contributed by atoms with Crippen molar-refractivity contribution in [3.05, 3.63) is 0 Å². The van der Waals surface area contributed by atoms with Gasteiger partial charge in [-0.1, -0.05) is 65.2 Å². The number of hydrogen-bond donors (Lipinski definition) is 0. The number of hydrogen-bond acceptors (Lipinski definition) is 2. The van der Waals surface area contributed by atoms with Crippen LogP contribution in [0.15, 0.2) is 0 Å². The van der Waals surface area contributed by atoms with Gasteiger partial charge in [0, 0.05) is 13.1 Å². The molecular formula is C22H45NO. The van der Waals surface area contributed by atoms with E-state index in [9.17, 15) is 0 Å². The summed E-state index contributed by atoms with van der Waals surface area (Å²) in [4.78, 5) is 2.65. The maximum atomic E-state index is 6.11. The van der Waals surface area contributed by atoms with Gasteiger partial charge in [-0.25, -0.2) is 0 Å². The summed E-state index contributed by atoms with van der Waals surface area (Å²) in [6.45, 7) is 14.9. The number of rotatable bonds is 12. The summed E-state index contributed by atoms with van der Waals surface area (Å²) in [5, 5.41) is 0. The number of unbranched alkanes of at least 4 members (excludes halogenated alkanes) is 7. The highest BCUT2D eigenvalue weighted by atomic mass is 16.5. The standard InChI is InChI=1S/C22H45NO/c1-20(2)14-12-10-8-6-7-9-11-13-17-23-18-15-21(16-19-23)24-22(3,4)5/h20-21H,6-19H2,1-5H3. The van der Waals surface area contributed by atoms with Crippen molar-refractivity contribution in [2.24, 2.45) is 5.92 Å². The summed E-state index contributed by atoms with van der Waals surface area (Å²) in [6.07, 6.45) is 15.8. The zero-order valence-corrected chi connectivity index (χ0v) is 17.4. The van der Waals surface area contributed by atoms with Gasteiger partial charge in [-0.15, -0.1) is 0 Å². The smallest absolute Gasteiger partial charge is 0.0606 e. The predicted molar refractivity (Wildman–Crippen MR) is 107 cm³/mol. The van der Waals surface area contributed by atoms with Crippen molar-refractivity contribution in [1.82, 2.24) is 4.90 Å². The molecule has 0 spiro atoms. The molecule has 144 valence electrons. The van der Waals surface area contributed by atoms with Crippen LogP contribution in [-0.2, 0) is 4.74 Å². The Morgan fingerprint density at radius 2 is 1.33 bits per heavy atom. The third-order valence-corrected chi connectivity index (χ3v) is 5.06. The summed E-state index contributed by atoms with van der Waals surface area (Å²) < 4.78 is 6.11. The Kier molecular flexibility index (Phi) is 11.3. The van der Waals surface area contributed by atoms with E-state index in [1.807, 2.05) is 0 Å². The lowest BCUT2D eigenvalue weighted by Crippen LogP contribution is -2.40. The van der Waals surface area contributed by atoms with E-state index in [0.29, 0.717) is 6.10 Å². The molecule has 0 aromatic rings. The topological polar surface area (TPSA) is 12.5 Å². The van der Waals surface area contributed by atoms with Crippen LogP contribution < -0.4 is 0 Å². The lowest BCUT2D eigenvalue weighted by Gasteiger charge is -2.35. The molecule has 0 aromatic carbocycles. The van der Waals surface area contributed by atoms with Crippen LogP contribution in [0.1, 0.15) is 105 Å². The molecule has 0 aromatic heterocycles. The molecule has 0 radical (unpaired) electrons. The molecule has 1 saturated heterocycles. The fraction of sp³-hybridized carbons (Fsp3) is 1.00. The Morgan fingerprint density at radius 1 is 0.833 bits per heavy atom. The molecule has 0 aliphatic carbocycles. The lowest BCUT2D eigenvalue weighted by atomic mass is 10.0. The molecule has 24 heavy (non-hydrogen) atoms. The van der Waals surface area contributed by atoms with E-state index >= 15 is 0 Å². The predicted octanol–water partition coefficient (Wildman–Crippen LogP) is 6.43. The average molecular weight is 340 g/mol. The molecule has 0 amide bonds. The molecule has 0 bridgehead atoms. The first-order valence-corrected chi connectivity index (χ1v) is 10.8. The largest absolute Gasteiger partial charge is 0.373 e. The lowest BCUT2D eigenvalue weighted by molar-refractivity contribution is -0.0820. The molecule has 2 heteroatoms. The van der Waals surface area contributed by atoms with Gasteiger partial charge < -0.3 is 9.64 Å². The molecule has 1 fully saturated rings. The van der Waals surface area contributed by atoms with Gasteiger partial charge in [-0.3, -0.25) is 0 Å². The van der Waals surface area contributed by atoms with Crippen LogP contribution in [-0.4, -0.2) is 36.2 Å². The molecule has 1 aliphatic heterocycles. The van der Waals surface area contributed by atoms with Crippen LogP contribution in [0.4, 0.5) is 0 Å². The number of piperidine rings is 1. The van der Waals surface area contributed by atoms with E-state index in [4.69, 9.17) is 4.74 Å². The third-order valence-electron chi connectivity index (χ3n) is 5.06. The zero-order valence-electron chi connectivity index (χ0n) is 17.4. The Labute approximate surface area is 152 Å². The second-order valence-electron chi connectivity index (χ2n) is 9.28. The van der Waals surface area contributed by atoms with Crippen molar-refractivity contribution in [2.75, 3.05) is 19.6 Å². The minimum Gasteiger partial charge on any atom is -0.373 e. The molecule has 1 aliphatic rings. The maximum absolute atomic E-state index is 6.11. The van der Waals surface area contributed by atoms with Crippen LogP contribution in [0.25, 0.3) is 0 Å². The highest BCUT2D eigenvalue weighted by Gasteiger charge is 2.23. The summed E-state index contributed by atoms with van der Waals surface area (Å²) in [7, 11) is 0. The van der Waals surface area contributed by atoms with E-state index in [-0.39, 0.29) is 5.60 Å². The normalized spacial score (nSPS) is 17.8. The molecule has 0 unspecified atom stereocenters. The van der Waals surface area contributed by atoms with E-state index in [1.54, 1.807) is 0 Å². The van der Waals surface area contributed by atoms with Gasteiger partial charge in [-0.2, -0.15) is 0 Å². The number of nitrogens with zero attached hydrogens (tertiary/aromatic N) is 1. The first-order chi connectivity index (χ1) is 11.4. The molecule has 0 N–H and O–H groups in total. The van der Waals surface area contributed by atoms with E-state index in [0.717, 1.165) is 5.92 Å². The van der Waals surface area contributed by atoms with Crippen LogP contribution >= 0.6 is 0 Å². The highest BCUT2D eigenvalue weighted by molar-refractivity contribution is 4.75. The third kappa shape index (κ3) is 12.3. The molecule has 0 saturated carbocycles. The van der Waals surface area contributed by atoms with Crippen molar-refractivity contribution < 1.29 is 4.74 Å². The Balaban J connectivity index is 1.87. The van der Waals surface area contributed by atoms with Gasteiger partial charge in [0.15, 0.2) is 0 Å². The van der Waals surface area contributed by atoms with Crippen molar-refractivity contribution in [3.63, 3.8) is 0 Å².